The molecule has 1 fully saturated rings. The molecule has 0 unspecified atom stereocenters. The maximum atomic E-state index is 13.4. The Labute approximate surface area is 244 Å². The molecule has 4 aromatic rings. The van der Waals surface area contributed by atoms with Gasteiger partial charge in [-0.3, -0.25) is 9.59 Å². The molecule has 5 rings (SSSR count). The van der Waals surface area contributed by atoms with Crippen LogP contribution < -0.4 is 5.32 Å². The molecule has 0 atom stereocenters. The van der Waals surface area contributed by atoms with Crippen LogP contribution in [0.2, 0.25) is 10.0 Å². The molecular formula is C28H25Cl2FN4O4S. The number of piperidine rings is 1. The Hall–Kier alpha value is -3.31. The predicted octanol–water partition coefficient (Wildman–Crippen LogP) is 6.58. The third-order valence-corrected chi connectivity index (χ3v) is 8.38. The molecule has 0 saturated carbocycles. The number of halogens is 3. The smallest absolute Gasteiger partial charge is 0.250 e. The summed E-state index contributed by atoms with van der Waals surface area (Å²) in [5.41, 5.74) is 3.25. The van der Waals surface area contributed by atoms with E-state index in [0.717, 1.165) is 29.0 Å². The Morgan fingerprint density at radius 1 is 1.10 bits per heavy atom. The third-order valence-electron chi connectivity index (χ3n) is 6.63. The number of nitrogens with zero attached hydrogens (tertiary/aromatic N) is 3. The van der Waals surface area contributed by atoms with Crippen molar-refractivity contribution >= 4 is 52.0 Å². The Kier molecular flexibility index (Phi) is 8.80. The normalized spacial score (nSPS) is 13.9. The van der Waals surface area contributed by atoms with Crippen LogP contribution in [0.1, 0.15) is 29.3 Å². The van der Waals surface area contributed by atoms with E-state index in [1.807, 2.05) is 17.5 Å². The Morgan fingerprint density at radius 2 is 1.90 bits per heavy atom. The predicted molar refractivity (Wildman–Crippen MR) is 152 cm³/mol. The number of nitrogens with one attached hydrogen (secondary N) is 1. The maximum absolute atomic E-state index is 13.4. The molecular weight excluding hydrogens is 578 g/mol. The van der Waals surface area contributed by atoms with Crippen LogP contribution in [0.15, 0.2) is 52.4 Å². The number of amides is 2. The molecule has 1 N–H and O–H groups in total. The highest BCUT2D eigenvalue weighted by Crippen LogP contribution is 2.35. The summed E-state index contributed by atoms with van der Waals surface area (Å²) in [6, 6.07) is 11.2. The van der Waals surface area contributed by atoms with Gasteiger partial charge in [0.1, 0.15) is 30.4 Å². The van der Waals surface area contributed by atoms with Crippen molar-refractivity contribution in [2.24, 2.45) is 0 Å². The number of ether oxygens (including phenoxy) is 1. The molecule has 2 aromatic carbocycles. The van der Waals surface area contributed by atoms with E-state index in [9.17, 15) is 14.0 Å². The molecule has 208 valence electrons. The van der Waals surface area contributed by atoms with Crippen LogP contribution >= 0.6 is 34.5 Å². The van der Waals surface area contributed by atoms with E-state index in [1.54, 1.807) is 41.4 Å². The van der Waals surface area contributed by atoms with Crippen LogP contribution in [0.25, 0.3) is 22.7 Å². The number of hydrogen-bond acceptors (Lipinski definition) is 7. The molecule has 1 aliphatic rings. The van der Waals surface area contributed by atoms with Gasteiger partial charge in [-0.1, -0.05) is 40.5 Å². The molecule has 0 radical (unpaired) electrons. The molecule has 2 aromatic heterocycles. The van der Waals surface area contributed by atoms with Gasteiger partial charge in [0, 0.05) is 41.7 Å². The second kappa shape index (κ2) is 12.5. The van der Waals surface area contributed by atoms with Gasteiger partial charge in [0.05, 0.1) is 15.1 Å². The Morgan fingerprint density at radius 3 is 2.67 bits per heavy atom. The molecule has 2 amide bonds. The van der Waals surface area contributed by atoms with Gasteiger partial charge in [-0.25, -0.2) is 9.37 Å². The zero-order valence-electron chi connectivity index (χ0n) is 21.5. The highest BCUT2D eigenvalue weighted by Gasteiger charge is 2.26. The molecule has 0 bridgehead atoms. The van der Waals surface area contributed by atoms with Crippen LogP contribution in [0.4, 0.5) is 10.1 Å². The minimum absolute atomic E-state index is 0.176. The van der Waals surface area contributed by atoms with Crippen molar-refractivity contribution in [2.45, 2.75) is 25.7 Å². The fourth-order valence-corrected chi connectivity index (χ4v) is 5.67. The van der Waals surface area contributed by atoms with Crippen molar-refractivity contribution in [3.63, 3.8) is 0 Å². The van der Waals surface area contributed by atoms with Gasteiger partial charge in [0.25, 0.3) is 0 Å². The molecule has 12 heteroatoms. The standard InChI is InChI=1S/C28H25Cl2FN4O4S/c1-16-2-4-19(31)11-22(16)32-26(36)13-38-14-27(37)35-8-6-17(7-9-35)28-33-24(15-40-28)25-12-23(34-39-25)18-3-5-20(29)21(30)10-18/h2-5,10-12,15,17H,6-9,13-14H2,1H3,(H,32,36). The average molecular weight is 604 g/mol. The summed E-state index contributed by atoms with van der Waals surface area (Å²) < 4.78 is 24.3. The van der Waals surface area contributed by atoms with Crippen LogP contribution in [0, 0.1) is 12.7 Å². The van der Waals surface area contributed by atoms with Crippen molar-refractivity contribution < 1.29 is 23.2 Å². The summed E-state index contributed by atoms with van der Waals surface area (Å²) in [5.74, 6) is -0.284. The lowest BCUT2D eigenvalue weighted by Gasteiger charge is -2.31. The summed E-state index contributed by atoms with van der Waals surface area (Å²) in [4.78, 5) is 31.2. The summed E-state index contributed by atoms with van der Waals surface area (Å²) >= 11 is 13.7. The van der Waals surface area contributed by atoms with Crippen molar-refractivity contribution in [1.29, 1.82) is 0 Å². The fraction of sp³-hybridized carbons (Fsp3) is 0.286. The summed E-state index contributed by atoms with van der Waals surface area (Å²) in [6.07, 6.45) is 1.53. The van der Waals surface area contributed by atoms with Crippen LogP contribution in [0.5, 0.6) is 0 Å². The first-order chi connectivity index (χ1) is 19.3. The molecule has 40 heavy (non-hydrogen) atoms. The van der Waals surface area contributed by atoms with Crippen molar-refractivity contribution in [1.82, 2.24) is 15.0 Å². The number of carbonyl (C=O) groups is 2. The first-order valence-corrected chi connectivity index (χ1v) is 14.2. The highest BCUT2D eigenvalue weighted by molar-refractivity contribution is 7.10. The number of likely N-dealkylation sites (tertiary alicyclic amines) is 1. The zero-order valence-corrected chi connectivity index (χ0v) is 23.8. The molecule has 0 spiro atoms. The number of aromatic nitrogens is 2. The van der Waals surface area contributed by atoms with Gasteiger partial charge in [-0.15, -0.1) is 11.3 Å². The third kappa shape index (κ3) is 6.69. The summed E-state index contributed by atoms with van der Waals surface area (Å²) in [6.45, 7) is 2.41. The number of hydrogen-bond donors (Lipinski definition) is 1. The van der Waals surface area contributed by atoms with E-state index in [2.05, 4.69) is 10.5 Å². The monoisotopic (exact) mass is 602 g/mol. The Bertz CT molecular complexity index is 1530. The van der Waals surface area contributed by atoms with Gasteiger partial charge in [0.2, 0.25) is 11.8 Å². The minimum Gasteiger partial charge on any atom is -0.362 e. The van der Waals surface area contributed by atoms with E-state index in [1.165, 1.54) is 12.1 Å². The number of rotatable bonds is 8. The lowest BCUT2D eigenvalue weighted by atomic mass is 9.97. The van der Waals surface area contributed by atoms with Crippen molar-refractivity contribution in [2.75, 3.05) is 31.6 Å². The second-order valence-electron chi connectivity index (χ2n) is 9.43. The molecule has 3 heterocycles. The van der Waals surface area contributed by atoms with E-state index in [0.29, 0.717) is 46.0 Å². The first-order valence-electron chi connectivity index (χ1n) is 12.6. The number of aryl methyl sites for hydroxylation is 1. The minimum atomic E-state index is -0.448. The second-order valence-corrected chi connectivity index (χ2v) is 11.1. The van der Waals surface area contributed by atoms with E-state index < -0.39 is 11.7 Å². The molecule has 8 nitrogen and oxygen atoms in total. The zero-order chi connectivity index (χ0) is 28.2. The van der Waals surface area contributed by atoms with E-state index >= 15 is 0 Å². The maximum Gasteiger partial charge on any atom is 0.250 e. The summed E-state index contributed by atoms with van der Waals surface area (Å²) in [7, 11) is 0. The van der Waals surface area contributed by atoms with Crippen LogP contribution in [-0.2, 0) is 14.3 Å². The summed E-state index contributed by atoms with van der Waals surface area (Å²) in [5, 5.41) is 10.6. The van der Waals surface area contributed by atoms with Gasteiger partial charge >= 0.3 is 0 Å². The van der Waals surface area contributed by atoms with Gasteiger partial charge in [-0.2, -0.15) is 0 Å². The number of benzene rings is 2. The fourth-order valence-electron chi connectivity index (χ4n) is 4.39. The molecule has 1 aliphatic heterocycles. The largest absolute Gasteiger partial charge is 0.362 e. The van der Waals surface area contributed by atoms with Gasteiger partial charge < -0.3 is 19.5 Å². The SMILES string of the molecule is Cc1ccc(F)cc1NC(=O)COCC(=O)N1CCC(c2nc(-c3cc(-c4ccc(Cl)c(Cl)c4)no3)cs2)CC1. The van der Waals surface area contributed by atoms with E-state index in [4.69, 9.17) is 37.4 Å². The van der Waals surface area contributed by atoms with Crippen LogP contribution in [0.3, 0.4) is 0 Å². The molecule has 0 aliphatic carbocycles. The first kappa shape index (κ1) is 28.2. The highest BCUT2D eigenvalue weighted by atomic mass is 35.5. The topological polar surface area (TPSA) is 97.6 Å². The van der Waals surface area contributed by atoms with Crippen molar-refractivity contribution in [3.05, 3.63) is 74.3 Å². The lowest BCUT2D eigenvalue weighted by molar-refractivity contribution is -0.138. The molecule has 1 saturated heterocycles. The Balaban J connectivity index is 1.09. The number of anilines is 1. The quantitative estimate of drug-likeness (QED) is 0.244. The van der Waals surface area contributed by atoms with Gasteiger partial charge in [-0.05, 0) is 49.6 Å². The van der Waals surface area contributed by atoms with Crippen LogP contribution in [-0.4, -0.2) is 53.2 Å². The number of carbonyl (C=O) groups excluding carboxylic acids is 2. The van der Waals surface area contributed by atoms with E-state index in [-0.39, 0.29) is 25.0 Å². The number of thiazole rings is 1. The van der Waals surface area contributed by atoms with Crippen molar-refractivity contribution in [3.8, 4) is 22.7 Å². The van der Waals surface area contributed by atoms with Gasteiger partial charge in [0.15, 0.2) is 5.76 Å². The lowest BCUT2D eigenvalue weighted by Crippen LogP contribution is -2.40. The average Bonchev–Trinajstić information content (AvgIpc) is 3.63.